The molecule has 2 aromatic carbocycles. The molecule has 0 saturated carbocycles. The van der Waals surface area contributed by atoms with Crippen molar-refractivity contribution in [3.8, 4) is 11.1 Å². The van der Waals surface area contributed by atoms with Gasteiger partial charge in [-0.15, -0.1) is 0 Å². The van der Waals surface area contributed by atoms with Crippen LogP contribution >= 0.6 is 0 Å². The zero-order valence-electron chi connectivity index (χ0n) is 16.1. The van der Waals surface area contributed by atoms with Crippen LogP contribution in [0.25, 0.3) is 11.1 Å². The average molecular weight is 400 g/mol. The number of nitrogens with one attached hydrogen (secondary N) is 1. The Morgan fingerprint density at radius 1 is 1.11 bits per heavy atom. The highest BCUT2D eigenvalue weighted by Crippen LogP contribution is 2.30. The lowest BCUT2D eigenvalue weighted by Crippen LogP contribution is -2.50. The van der Waals surface area contributed by atoms with Crippen molar-refractivity contribution >= 4 is 16.1 Å². The Hall–Kier alpha value is -2.38. The lowest BCUT2D eigenvalue weighted by molar-refractivity contribution is 0.153. The number of hydrogen-bond acceptors (Lipinski definition) is 3. The van der Waals surface area contributed by atoms with E-state index in [0.717, 1.165) is 22.3 Å². The Kier molecular flexibility index (Phi) is 4.89. The second kappa shape index (κ2) is 7.22. The first kappa shape index (κ1) is 19.0. The third-order valence-corrected chi connectivity index (χ3v) is 6.32. The van der Waals surface area contributed by atoms with E-state index >= 15 is 0 Å². The van der Waals surface area contributed by atoms with Gasteiger partial charge in [-0.25, -0.2) is 17.9 Å². The van der Waals surface area contributed by atoms with E-state index in [2.05, 4.69) is 29.0 Å². The van der Waals surface area contributed by atoms with Crippen molar-refractivity contribution in [1.82, 2.24) is 14.5 Å². The molecular formula is C21H25N3O3S. The minimum atomic E-state index is -3.35. The van der Waals surface area contributed by atoms with Crippen molar-refractivity contribution in [2.24, 2.45) is 0 Å². The van der Waals surface area contributed by atoms with E-state index in [1.54, 1.807) is 11.9 Å². The summed E-state index contributed by atoms with van der Waals surface area (Å²) in [7, 11) is -1.54. The first-order valence-corrected chi connectivity index (χ1v) is 11.4. The van der Waals surface area contributed by atoms with Gasteiger partial charge in [0, 0.05) is 26.2 Å². The molecule has 1 fully saturated rings. The van der Waals surface area contributed by atoms with E-state index in [-0.39, 0.29) is 18.1 Å². The van der Waals surface area contributed by atoms with E-state index in [0.29, 0.717) is 25.9 Å². The van der Waals surface area contributed by atoms with Gasteiger partial charge >= 0.3 is 6.03 Å². The van der Waals surface area contributed by atoms with E-state index in [1.807, 2.05) is 29.2 Å². The summed E-state index contributed by atoms with van der Waals surface area (Å²) in [4.78, 5) is 16.7. The van der Waals surface area contributed by atoms with E-state index < -0.39 is 10.0 Å². The van der Waals surface area contributed by atoms with Crippen LogP contribution in [0.5, 0.6) is 0 Å². The molecule has 6 nitrogen and oxygen atoms in total. The van der Waals surface area contributed by atoms with Crippen molar-refractivity contribution in [1.29, 1.82) is 0 Å². The van der Waals surface area contributed by atoms with E-state index in [4.69, 9.17) is 0 Å². The Balaban J connectivity index is 1.78. The van der Waals surface area contributed by atoms with Crippen LogP contribution in [0.15, 0.2) is 48.5 Å². The molecule has 28 heavy (non-hydrogen) atoms. The highest BCUT2D eigenvalue weighted by molar-refractivity contribution is 7.88. The summed E-state index contributed by atoms with van der Waals surface area (Å²) in [6.45, 7) is 1.05. The number of carbonyl (C=O) groups is 1. The molecule has 2 aromatic rings. The first-order chi connectivity index (χ1) is 13.3. The fraction of sp³-hybridized carbons (Fsp3) is 0.381. The monoisotopic (exact) mass is 399 g/mol. The maximum Gasteiger partial charge on any atom is 0.320 e. The third-order valence-electron chi connectivity index (χ3n) is 5.59. The molecule has 0 radical (unpaired) electrons. The lowest BCUT2D eigenvalue weighted by atomic mass is 9.95. The number of benzene rings is 2. The van der Waals surface area contributed by atoms with Gasteiger partial charge in [0.25, 0.3) is 0 Å². The summed E-state index contributed by atoms with van der Waals surface area (Å²) in [5.74, 6) is 0. The van der Waals surface area contributed by atoms with Crippen LogP contribution in [0.4, 0.5) is 4.79 Å². The van der Waals surface area contributed by atoms with Crippen LogP contribution in [0.3, 0.4) is 0 Å². The molecule has 2 unspecified atom stereocenters. The van der Waals surface area contributed by atoms with Crippen LogP contribution in [-0.4, -0.2) is 56.2 Å². The second-order valence-electron chi connectivity index (χ2n) is 7.75. The van der Waals surface area contributed by atoms with E-state index in [9.17, 15) is 13.2 Å². The molecule has 4 rings (SSSR count). The second-order valence-corrected chi connectivity index (χ2v) is 9.53. The molecular weight excluding hydrogens is 374 g/mol. The number of fused-ring (bicyclic) bond motifs is 5. The molecule has 0 spiro atoms. The van der Waals surface area contributed by atoms with Crippen LogP contribution in [-0.2, 0) is 23.0 Å². The number of urea groups is 1. The van der Waals surface area contributed by atoms with Gasteiger partial charge in [0.1, 0.15) is 0 Å². The van der Waals surface area contributed by atoms with Crippen molar-refractivity contribution < 1.29 is 13.2 Å². The highest BCUT2D eigenvalue weighted by Gasteiger charge is 2.39. The summed E-state index contributed by atoms with van der Waals surface area (Å²) in [5.41, 5.74) is 4.44. The normalized spacial score (nSPS) is 22.4. The van der Waals surface area contributed by atoms with Gasteiger partial charge in [-0.1, -0.05) is 48.5 Å². The molecule has 1 saturated heterocycles. The Labute approximate surface area is 166 Å². The zero-order chi connectivity index (χ0) is 19.9. The number of amides is 2. The number of rotatable bonds is 2. The Morgan fingerprint density at radius 2 is 1.89 bits per heavy atom. The van der Waals surface area contributed by atoms with Gasteiger partial charge in [0.05, 0.1) is 12.3 Å². The molecule has 2 aliphatic heterocycles. The summed E-state index contributed by atoms with van der Waals surface area (Å²) in [5, 5.41) is 0. The third kappa shape index (κ3) is 3.77. The van der Waals surface area contributed by atoms with Crippen LogP contribution in [0.2, 0.25) is 0 Å². The molecule has 2 aliphatic rings. The summed E-state index contributed by atoms with van der Waals surface area (Å²) in [6.07, 6.45) is 2.41. The van der Waals surface area contributed by atoms with Gasteiger partial charge < -0.3 is 9.80 Å². The lowest BCUT2D eigenvalue weighted by Gasteiger charge is -2.32. The maximum atomic E-state index is 13.2. The number of sulfonamides is 1. The Morgan fingerprint density at radius 3 is 2.68 bits per heavy atom. The van der Waals surface area contributed by atoms with Crippen molar-refractivity contribution in [2.75, 3.05) is 19.8 Å². The molecule has 1 N–H and O–H groups in total. The molecule has 0 aliphatic carbocycles. The molecule has 2 atom stereocenters. The van der Waals surface area contributed by atoms with Crippen LogP contribution in [0, 0.1) is 0 Å². The highest BCUT2D eigenvalue weighted by atomic mass is 32.2. The van der Waals surface area contributed by atoms with Crippen molar-refractivity contribution in [3.05, 3.63) is 59.7 Å². The van der Waals surface area contributed by atoms with Crippen LogP contribution in [0.1, 0.15) is 17.5 Å². The zero-order valence-corrected chi connectivity index (χ0v) is 16.9. The van der Waals surface area contributed by atoms with Crippen molar-refractivity contribution in [3.63, 3.8) is 0 Å². The quantitative estimate of drug-likeness (QED) is 0.843. The topological polar surface area (TPSA) is 69.7 Å². The number of carbonyl (C=O) groups excluding carboxylic acids is 1. The van der Waals surface area contributed by atoms with Crippen LogP contribution < -0.4 is 4.72 Å². The molecule has 2 bridgehead atoms. The predicted molar refractivity (Wildman–Crippen MR) is 109 cm³/mol. The van der Waals surface area contributed by atoms with Crippen molar-refractivity contribution in [2.45, 2.75) is 31.5 Å². The fourth-order valence-electron chi connectivity index (χ4n) is 4.35. The van der Waals surface area contributed by atoms with Gasteiger partial charge in [0.2, 0.25) is 10.0 Å². The molecule has 0 aromatic heterocycles. The SMILES string of the molecule is CN1Cc2ccccc2-c2cccc(c2)CC2C(NS(C)(=O)=O)CCN2C1=O. The van der Waals surface area contributed by atoms with Gasteiger partial charge in [-0.2, -0.15) is 0 Å². The summed E-state index contributed by atoms with van der Waals surface area (Å²) in [6, 6.07) is 15.9. The number of hydrogen-bond donors (Lipinski definition) is 1. The molecule has 2 heterocycles. The molecule has 2 amide bonds. The molecule has 7 heteroatoms. The van der Waals surface area contributed by atoms with E-state index in [1.165, 1.54) is 6.26 Å². The van der Waals surface area contributed by atoms with Gasteiger partial charge in [0.15, 0.2) is 0 Å². The Bertz CT molecular complexity index is 1010. The standard InChI is InChI=1S/C21H25N3O3S/c1-23-14-17-7-3-4-9-18(17)16-8-5-6-15(12-16)13-20-19(22-28(2,26)27)10-11-24(20)21(23)25/h3-9,12,19-20,22H,10-11,13-14H2,1-2H3. The van der Waals surface area contributed by atoms with Gasteiger partial charge in [-0.05, 0) is 35.1 Å². The average Bonchev–Trinajstić information content (AvgIpc) is 3.01. The first-order valence-electron chi connectivity index (χ1n) is 9.48. The minimum absolute atomic E-state index is 0.0624. The van der Waals surface area contributed by atoms with Gasteiger partial charge in [-0.3, -0.25) is 0 Å². The fourth-order valence-corrected chi connectivity index (χ4v) is 5.17. The molecule has 148 valence electrons. The number of nitrogens with zero attached hydrogens (tertiary/aromatic N) is 2. The maximum absolute atomic E-state index is 13.2. The predicted octanol–water partition coefficient (Wildman–Crippen LogP) is 2.45. The smallest absolute Gasteiger partial charge is 0.320 e. The summed E-state index contributed by atoms with van der Waals surface area (Å²) < 4.78 is 26.4. The minimum Gasteiger partial charge on any atom is -0.323 e. The largest absolute Gasteiger partial charge is 0.323 e. The summed E-state index contributed by atoms with van der Waals surface area (Å²) >= 11 is 0.